The number of hydrogen-bond donors (Lipinski definition) is 1. The molecule has 1 amide bonds. The van der Waals surface area contributed by atoms with Gasteiger partial charge in [0.05, 0.1) is 17.3 Å². The lowest BCUT2D eigenvalue weighted by Gasteiger charge is -1.94. The van der Waals surface area contributed by atoms with Crippen molar-refractivity contribution >= 4 is 44.6 Å². The Morgan fingerprint density at radius 1 is 1.33 bits per heavy atom. The summed E-state index contributed by atoms with van der Waals surface area (Å²) in [6, 6.07) is 9.17. The third-order valence-electron chi connectivity index (χ3n) is 3.27. The molecule has 0 fully saturated rings. The number of aromatic nitrogens is 1. The summed E-state index contributed by atoms with van der Waals surface area (Å²) in [5, 5.41) is 3.23. The number of hydrogen-bond acceptors (Lipinski definition) is 6. The van der Waals surface area contributed by atoms with Gasteiger partial charge in [0.1, 0.15) is 17.1 Å². The Morgan fingerprint density at radius 2 is 2.12 bits per heavy atom. The quantitative estimate of drug-likeness (QED) is 0.578. The third kappa shape index (κ3) is 3.36. The molecule has 0 saturated carbocycles. The summed E-state index contributed by atoms with van der Waals surface area (Å²) in [6.07, 6.45) is 2.81. The van der Waals surface area contributed by atoms with Crippen LogP contribution in [0, 0.1) is 6.92 Å². The van der Waals surface area contributed by atoms with Gasteiger partial charge < -0.3 is 9.15 Å². The second-order valence-corrected chi connectivity index (χ2v) is 5.95. The average Bonchev–Trinajstić information content (AvgIpc) is 3.14. The molecule has 2 heterocycles. The number of nitrogens with zero attached hydrogens (tertiary/aromatic N) is 1. The van der Waals surface area contributed by atoms with Crippen molar-refractivity contribution in [1.29, 1.82) is 0 Å². The normalized spacial score (nSPS) is 11.1. The zero-order valence-electron chi connectivity index (χ0n) is 13.0. The molecule has 0 atom stereocenters. The maximum atomic E-state index is 12.0. The molecule has 1 aromatic carbocycles. The van der Waals surface area contributed by atoms with Gasteiger partial charge in [0.2, 0.25) is 5.91 Å². The van der Waals surface area contributed by atoms with Gasteiger partial charge in [0, 0.05) is 6.08 Å². The molecule has 7 heteroatoms. The minimum absolute atomic E-state index is 0.331. The number of para-hydroxylation sites is 1. The first kappa shape index (κ1) is 15.9. The molecule has 0 radical (unpaired) electrons. The van der Waals surface area contributed by atoms with Crippen molar-refractivity contribution in [2.75, 3.05) is 12.4 Å². The largest absolute Gasteiger partial charge is 0.465 e. The van der Waals surface area contributed by atoms with E-state index in [0.717, 1.165) is 10.2 Å². The first-order valence-electron chi connectivity index (χ1n) is 7.10. The Morgan fingerprint density at radius 3 is 2.88 bits per heavy atom. The van der Waals surface area contributed by atoms with Gasteiger partial charge in [-0.1, -0.05) is 23.5 Å². The minimum atomic E-state index is -0.477. The highest BCUT2D eigenvalue weighted by molar-refractivity contribution is 7.22. The number of nitrogens with one attached hydrogen (secondary N) is 1. The number of aryl methyl sites for hydroxylation is 1. The molecule has 1 N–H and O–H groups in total. The van der Waals surface area contributed by atoms with Crippen LogP contribution in [0.3, 0.4) is 0 Å². The van der Waals surface area contributed by atoms with Crippen molar-refractivity contribution < 1.29 is 18.7 Å². The van der Waals surface area contributed by atoms with Crippen molar-refractivity contribution in [3.05, 3.63) is 53.5 Å². The molecule has 2 aromatic heterocycles. The lowest BCUT2D eigenvalue weighted by molar-refractivity contribution is -0.111. The Bertz CT molecular complexity index is 906. The molecule has 0 spiro atoms. The molecular formula is C17H14N2O4S. The highest BCUT2D eigenvalue weighted by atomic mass is 32.1. The number of ether oxygens (including phenoxy) is 1. The summed E-state index contributed by atoms with van der Waals surface area (Å²) in [6.45, 7) is 1.66. The van der Waals surface area contributed by atoms with E-state index in [2.05, 4.69) is 15.0 Å². The van der Waals surface area contributed by atoms with E-state index in [1.165, 1.54) is 36.7 Å². The number of furan rings is 1. The Balaban J connectivity index is 1.70. The van der Waals surface area contributed by atoms with Crippen LogP contribution < -0.4 is 5.32 Å². The number of esters is 1. The van der Waals surface area contributed by atoms with Crippen LogP contribution in [0.1, 0.15) is 21.9 Å². The number of rotatable bonds is 4. The van der Waals surface area contributed by atoms with Crippen LogP contribution in [0.2, 0.25) is 0 Å². The van der Waals surface area contributed by atoms with Crippen LogP contribution in [-0.2, 0) is 9.53 Å². The van der Waals surface area contributed by atoms with Crippen molar-refractivity contribution in [2.24, 2.45) is 0 Å². The molecule has 0 bridgehead atoms. The fourth-order valence-electron chi connectivity index (χ4n) is 2.13. The fourth-order valence-corrected chi connectivity index (χ4v) is 3.00. The number of thiazole rings is 1. The van der Waals surface area contributed by atoms with Crippen LogP contribution in [0.4, 0.5) is 5.13 Å². The zero-order chi connectivity index (χ0) is 17.1. The van der Waals surface area contributed by atoms with E-state index in [1.807, 2.05) is 24.3 Å². The molecule has 0 aliphatic rings. The fraction of sp³-hybridized carbons (Fsp3) is 0.118. The van der Waals surface area contributed by atoms with Gasteiger partial charge in [-0.05, 0) is 31.2 Å². The topological polar surface area (TPSA) is 81.4 Å². The van der Waals surface area contributed by atoms with E-state index in [-0.39, 0.29) is 5.91 Å². The van der Waals surface area contributed by atoms with E-state index in [4.69, 9.17) is 4.42 Å². The lowest BCUT2D eigenvalue weighted by Crippen LogP contribution is -2.07. The van der Waals surface area contributed by atoms with E-state index in [9.17, 15) is 9.59 Å². The SMILES string of the molecule is COC(=O)c1cc(/C=C/C(=O)Nc2nc3ccccc3s2)oc1C. The smallest absolute Gasteiger partial charge is 0.341 e. The van der Waals surface area contributed by atoms with Gasteiger partial charge in [-0.25, -0.2) is 9.78 Å². The third-order valence-corrected chi connectivity index (χ3v) is 4.22. The number of carbonyl (C=O) groups excluding carboxylic acids is 2. The highest BCUT2D eigenvalue weighted by Gasteiger charge is 2.14. The lowest BCUT2D eigenvalue weighted by atomic mass is 10.2. The molecule has 6 nitrogen and oxygen atoms in total. The first-order chi connectivity index (χ1) is 11.6. The molecule has 122 valence electrons. The zero-order valence-corrected chi connectivity index (χ0v) is 13.8. The summed E-state index contributed by atoms with van der Waals surface area (Å²) in [4.78, 5) is 27.8. The monoisotopic (exact) mass is 342 g/mol. The van der Waals surface area contributed by atoms with Crippen LogP contribution >= 0.6 is 11.3 Å². The summed E-state index contributed by atoms with van der Waals surface area (Å²) < 4.78 is 11.1. The van der Waals surface area contributed by atoms with E-state index in [1.54, 1.807) is 6.92 Å². The predicted octanol–water partition coefficient (Wildman–Crippen LogP) is 3.64. The Kier molecular flexibility index (Phi) is 4.43. The number of amides is 1. The van der Waals surface area contributed by atoms with Crippen molar-refractivity contribution in [3.63, 3.8) is 0 Å². The molecule has 3 rings (SSSR count). The molecule has 0 unspecified atom stereocenters. The number of carbonyl (C=O) groups is 2. The van der Waals surface area contributed by atoms with E-state index in [0.29, 0.717) is 22.2 Å². The van der Waals surface area contributed by atoms with Gasteiger partial charge in [-0.3, -0.25) is 10.1 Å². The van der Waals surface area contributed by atoms with Crippen LogP contribution in [0.5, 0.6) is 0 Å². The number of fused-ring (bicyclic) bond motifs is 1. The van der Waals surface area contributed by atoms with Gasteiger partial charge in [-0.2, -0.15) is 0 Å². The summed E-state index contributed by atoms with van der Waals surface area (Å²) in [5.41, 5.74) is 1.18. The van der Waals surface area contributed by atoms with Crippen molar-refractivity contribution in [1.82, 2.24) is 4.98 Å². The first-order valence-corrected chi connectivity index (χ1v) is 7.92. The van der Waals surface area contributed by atoms with Crippen LogP contribution in [0.25, 0.3) is 16.3 Å². The standard InChI is InChI=1S/C17H14N2O4S/c1-10-12(16(21)22-2)9-11(23-10)7-8-15(20)19-17-18-13-5-3-4-6-14(13)24-17/h3-9H,1-2H3,(H,18,19,20)/b8-7+. The number of benzene rings is 1. The van der Waals surface area contributed by atoms with Gasteiger partial charge in [0.15, 0.2) is 5.13 Å². The molecule has 0 aliphatic carbocycles. The number of anilines is 1. The molecule has 24 heavy (non-hydrogen) atoms. The molecular weight excluding hydrogens is 328 g/mol. The Hall–Kier alpha value is -2.93. The minimum Gasteiger partial charge on any atom is -0.465 e. The van der Waals surface area contributed by atoms with Gasteiger partial charge in [0.25, 0.3) is 0 Å². The molecule has 0 saturated heterocycles. The van der Waals surface area contributed by atoms with Crippen LogP contribution in [-0.4, -0.2) is 24.0 Å². The van der Waals surface area contributed by atoms with E-state index >= 15 is 0 Å². The predicted molar refractivity (Wildman–Crippen MR) is 92.1 cm³/mol. The summed E-state index contributed by atoms with van der Waals surface area (Å²) >= 11 is 1.40. The summed E-state index contributed by atoms with van der Waals surface area (Å²) in [7, 11) is 1.30. The molecule has 3 aromatic rings. The van der Waals surface area contributed by atoms with Crippen LogP contribution in [0.15, 0.2) is 40.8 Å². The highest BCUT2D eigenvalue weighted by Crippen LogP contribution is 2.25. The van der Waals surface area contributed by atoms with Crippen molar-refractivity contribution in [3.8, 4) is 0 Å². The maximum absolute atomic E-state index is 12.0. The van der Waals surface area contributed by atoms with Gasteiger partial charge in [-0.15, -0.1) is 0 Å². The second kappa shape index (κ2) is 6.67. The average molecular weight is 342 g/mol. The van der Waals surface area contributed by atoms with E-state index < -0.39 is 5.97 Å². The van der Waals surface area contributed by atoms with Crippen molar-refractivity contribution in [2.45, 2.75) is 6.92 Å². The second-order valence-electron chi connectivity index (χ2n) is 4.92. The van der Waals surface area contributed by atoms with Gasteiger partial charge >= 0.3 is 5.97 Å². The summed E-state index contributed by atoms with van der Waals surface area (Å²) in [5.74, 6) is 0.0259. The Labute approximate surface area is 141 Å². The molecule has 0 aliphatic heterocycles. The maximum Gasteiger partial charge on any atom is 0.341 e. The number of methoxy groups -OCH3 is 1.